The number of hydrogen-bond acceptors (Lipinski definition) is 7. The van der Waals surface area contributed by atoms with Gasteiger partial charge in [0.05, 0.1) is 24.9 Å². The van der Waals surface area contributed by atoms with E-state index in [0.717, 1.165) is 10.5 Å². The lowest BCUT2D eigenvalue weighted by Crippen LogP contribution is -2.53. The van der Waals surface area contributed by atoms with Gasteiger partial charge in [0.1, 0.15) is 11.3 Å². The molecule has 11 heteroatoms. The molecule has 1 fully saturated rings. The van der Waals surface area contributed by atoms with Gasteiger partial charge in [0.2, 0.25) is 0 Å². The van der Waals surface area contributed by atoms with Crippen molar-refractivity contribution in [3.05, 3.63) is 82.3 Å². The number of benzene rings is 2. The summed E-state index contributed by atoms with van der Waals surface area (Å²) >= 11 is 6.38. The first-order chi connectivity index (χ1) is 17.7. The summed E-state index contributed by atoms with van der Waals surface area (Å²) in [5.74, 6) is -1.40. The lowest BCUT2D eigenvalue weighted by molar-refractivity contribution is -0.130. The van der Waals surface area contributed by atoms with Crippen LogP contribution in [0.1, 0.15) is 16.9 Å². The topological polar surface area (TPSA) is 127 Å². The number of urea groups is 1. The van der Waals surface area contributed by atoms with E-state index >= 15 is 0 Å². The van der Waals surface area contributed by atoms with Gasteiger partial charge in [-0.1, -0.05) is 29.3 Å². The second-order valence-electron chi connectivity index (χ2n) is 8.02. The molecule has 10 nitrogen and oxygen atoms in total. The predicted molar refractivity (Wildman–Crippen MR) is 134 cm³/mol. The predicted octanol–water partition coefficient (Wildman–Crippen LogP) is 3.93. The molecule has 0 radical (unpaired) electrons. The van der Waals surface area contributed by atoms with Gasteiger partial charge in [0.15, 0.2) is 18.1 Å². The molecule has 0 spiro atoms. The molecule has 0 aliphatic carbocycles. The Morgan fingerprint density at radius 3 is 2.59 bits per heavy atom. The van der Waals surface area contributed by atoms with Crippen molar-refractivity contribution in [2.24, 2.45) is 0 Å². The smallest absolute Gasteiger partial charge is 0.331 e. The number of rotatable bonds is 8. The Balaban J connectivity index is 1.51. The largest absolute Gasteiger partial charge is 0.493 e. The number of barbiturate groups is 1. The minimum atomic E-state index is -0.855. The molecule has 0 unspecified atom stereocenters. The number of methoxy groups -OCH3 is 1. The molecule has 190 valence electrons. The van der Waals surface area contributed by atoms with Crippen molar-refractivity contribution in [2.45, 2.75) is 13.5 Å². The first-order valence-electron chi connectivity index (χ1n) is 11.0. The number of aryl methyl sites for hydroxylation is 1. The van der Waals surface area contributed by atoms with Crippen LogP contribution in [0.25, 0.3) is 6.08 Å². The fourth-order valence-electron chi connectivity index (χ4n) is 3.50. The summed E-state index contributed by atoms with van der Waals surface area (Å²) in [7, 11) is 1.38. The maximum atomic E-state index is 12.9. The van der Waals surface area contributed by atoms with Crippen molar-refractivity contribution in [1.29, 1.82) is 0 Å². The Morgan fingerprint density at radius 2 is 1.92 bits per heavy atom. The number of ether oxygens (including phenoxy) is 2. The van der Waals surface area contributed by atoms with Crippen molar-refractivity contribution in [3.63, 3.8) is 0 Å². The minimum Gasteiger partial charge on any atom is -0.493 e. The summed E-state index contributed by atoms with van der Waals surface area (Å²) < 4.78 is 16.1. The van der Waals surface area contributed by atoms with Crippen LogP contribution in [-0.4, -0.2) is 42.4 Å². The van der Waals surface area contributed by atoms with Crippen molar-refractivity contribution in [2.75, 3.05) is 19.0 Å². The third kappa shape index (κ3) is 5.99. The highest BCUT2D eigenvalue weighted by Crippen LogP contribution is 2.37. The highest BCUT2D eigenvalue weighted by Gasteiger charge is 2.36. The van der Waals surface area contributed by atoms with Crippen molar-refractivity contribution >= 4 is 47.1 Å². The number of furan rings is 1. The van der Waals surface area contributed by atoms with Crippen LogP contribution in [-0.2, 0) is 20.9 Å². The number of carbonyl (C=O) groups is 4. The molecule has 2 heterocycles. The van der Waals surface area contributed by atoms with E-state index in [0.29, 0.717) is 17.0 Å². The van der Waals surface area contributed by atoms with Crippen LogP contribution >= 0.6 is 11.6 Å². The zero-order chi connectivity index (χ0) is 26.5. The second-order valence-corrected chi connectivity index (χ2v) is 8.43. The van der Waals surface area contributed by atoms with E-state index in [1.54, 1.807) is 24.3 Å². The summed E-state index contributed by atoms with van der Waals surface area (Å²) in [5.41, 5.74) is 1.74. The van der Waals surface area contributed by atoms with Crippen molar-refractivity contribution in [1.82, 2.24) is 10.2 Å². The number of imide groups is 2. The van der Waals surface area contributed by atoms with Crippen LogP contribution in [0.4, 0.5) is 10.5 Å². The molecule has 1 aliphatic heterocycles. The fourth-order valence-corrected chi connectivity index (χ4v) is 3.77. The third-order valence-corrected chi connectivity index (χ3v) is 5.61. The molecule has 0 saturated carbocycles. The van der Waals surface area contributed by atoms with E-state index in [-0.39, 0.29) is 35.2 Å². The number of amides is 5. The Labute approximate surface area is 216 Å². The van der Waals surface area contributed by atoms with Gasteiger partial charge < -0.3 is 19.2 Å². The quantitative estimate of drug-likeness (QED) is 0.338. The second kappa shape index (κ2) is 11.0. The van der Waals surface area contributed by atoms with Gasteiger partial charge in [-0.3, -0.25) is 24.6 Å². The van der Waals surface area contributed by atoms with Crippen LogP contribution in [0.15, 0.2) is 64.8 Å². The van der Waals surface area contributed by atoms with Crippen molar-refractivity contribution in [3.8, 4) is 11.5 Å². The van der Waals surface area contributed by atoms with Gasteiger partial charge in [-0.25, -0.2) is 4.79 Å². The highest BCUT2D eigenvalue weighted by atomic mass is 35.5. The van der Waals surface area contributed by atoms with Gasteiger partial charge >= 0.3 is 6.03 Å². The molecular weight excluding hydrogens is 502 g/mol. The molecule has 2 N–H and O–H groups in total. The lowest BCUT2D eigenvalue weighted by Gasteiger charge is -2.25. The van der Waals surface area contributed by atoms with Gasteiger partial charge in [-0.2, -0.15) is 0 Å². The Morgan fingerprint density at radius 1 is 1.16 bits per heavy atom. The van der Waals surface area contributed by atoms with Crippen LogP contribution < -0.4 is 20.1 Å². The molecule has 5 amide bonds. The number of hydrogen-bond donors (Lipinski definition) is 2. The number of anilines is 1. The molecule has 2 aromatic carbocycles. The van der Waals surface area contributed by atoms with E-state index in [1.165, 1.54) is 31.6 Å². The molecule has 37 heavy (non-hydrogen) atoms. The minimum absolute atomic E-state index is 0.0847. The maximum absolute atomic E-state index is 12.9. The van der Waals surface area contributed by atoms with Crippen LogP contribution in [0.2, 0.25) is 5.02 Å². The van der Waals surface area contributed by atoms with E-state index in [2.05, 4.69) is 10.6 Å². The molecule has 1 saturated heterocycles. The number of nitrogens with zero attached hydrogens (tertiary/aromatic N) is 1. The standard InChI is InChI=1S/C26H22ClN3O7/c1-15-5-7-17(8-6-15)28-22(31)14-37-23-20(27)11-16(12-21(23)35-2)10-19-24(32)29-26(34)30(25(19)33)13-18-4-3-9-36-18/h3-12H,13-14H2,1-2H3,(H,28,31)(H,29,32,34)/b19-10+. The van der Waals surface area contributed by atoms with Crippen LogP contribution in [0.3, 0.4) is 0 Å². The van der Waals surface area contributed by atoms with E-state index in [9.17, 15) is 19.2 Å². The molecule has 0 bridgehead atoms. The van der Waals surface area contributed by atoms with Crippen LogP contribution in [0, 0.1) is 6.92 Å². The zero-order valence-corrected chi connectivity index (χ0v) is 20.6. The highest BCUT2D eigenvalue weighted by molar-refractivity contribution is 6.33. The summed E-state index contributed by atoms with van der Waals surface area (Å²) in [6.45, 7) is 1.45. The Kier molecular flexibility index (Phi) is 7.59. The lowest BCUT2D eigenvalue weighted by atomic mass is 10.1. The van der Waals surface area contributed by atoms with Gasteiger partial charge in [-0.15, -0.1) is 0 Å². The maximum Gasteiger partial charge on any atom is 0.331 e. The van der Waals surface area contributed by atoms with E-state index < -0.39 is 23.8 Å². The molecule has 1 aromatic heterocycles. The molecule has 1 aliphatic rings. The molecular formula is C26H22ClN3O7. The molecule has 3 aromatic rings. The Bertz CT molecular complexity index is 1380. The Hall–Kier alpha value is -4.57. The normalized spacial score (nSPS) is 14.5. The number of nitrogens with one attached hydrogen (secondary N) is 2. The van der Waals surface area contributed by atoms with Crippen LogP contribution in [0.5, 0.6) is 11.5 Å². The first kappa shape index (κ1) is 25.5. The summed E-state index contributed by atoms with van der Waals surface area (Å²) in [6, 6.07) is 12.6. The van der Waals surface area contributed by atoms with Crippen molar-refractivity contribution < 1.29 is 33.1 Å². The third-order valence-electron chi connectivity index (χ3n) is 5.33. The summed E-state index contributed by atoms with van der Waals surface area (Å²) in [6.07, 6.45) is 2.69. The zero-order valence-electron chi connectivity index (χ0n) is 19.9. The summed E-state index contributed by atoms with van der Waals surface area (Å²) in [4.78, 5) is 50.7. The van der Waals surface area contributed by atoms with Gasteiger partial charge in [0.25, 0.3) is 17.7 Å². The average Bonchev–Trinajstić information content (AvgIpc) is 3.38. The van der Waals surface area contributed by atoms with Gasteiger partial charge in [0, 0.05) is 5.69 Å². The number of halogens is 1. The average molecular weight is 524 g/mol. The summed E-state index contributed by atoms with van der Waals surface area (Å²) in [5, 5.41) is 4.94. The van der Waals surface area contributed by atoms with E-state index in [4.69, 9.17) is 25.5 Å². The van der Waals surface area contributed by atoms with Gasteiger partial charge in [-0.05, 0) is 55.0 Å². The monoisotopic (exact) mass is 523 g/mol. The molecule has 0 atom stereocenters. The SMILES string of the molecule is COc1cc(/C=C2\C(=O)NC(=O)N(Cc3ccco3)C2=O)cc(Cl)c1OCC(=O)Nc1ccc(C)cc1. The molecule has 4 rings (SSSR count). The van der Waals surface area contributed by atoms with E-state index in [1.807, 2.05) is 19.1 Å². The first-order valence-corrected chi connectivity index (χ1v) is 11.4. The number of carbonyl (C=O) groups excluding carboxylic acids is 4. The fraction of sp³-hybridized carbons (Fsp3) is 0.154.